The van der Waals surface area contributed by atoms with E-state index in [9.17, 15) is 9.36 Å². The molecule has 0 rings (SSSR count). The summed E-state index contributed by atoms with van der Waals surface area (Å²) in [7, 11) is -9.30. The molecule has 104 valence electrons. The minimum absolute atomic E-state index is 0.830. The molecule has 0 saturated carbocycles. The van der Waals surface area contributed by atoms with Crippen LogP contribution in [-0.4, -0.2) is 59.8 Å². The summed E-state index contributed by atoms with van der Waals surface area (Å²) in [4.78, 5) is 48.2. The highest BCUT2D eigenvalue weighted by atomic mass is 31.2. The van der Waals surface area contributed by atoms with Gasteiger partial charge in [0.05, 0.1) is 6.61 Å². The Bertz CT molecular complexity index is 305. The standard InChI is InChI=1S/C4H9O7P.H3O4P/c5-1-3(6)4(7)2-11-12(8,9)10;1-5(2,3)4/h4-5,7H,1-2H2,(H2,8,9,10);(H3,1,2,3,4)/t4-;/m1./s1. The Balaban J connectivity index is 0. The van der Waals surface area contributed by atoms with Crippen LogP contribution < -0.4 is 0 Å². The van der Waals surface area contributed by atoms with Crippen LogP contribution in [0.4, 0.5) is 0 Å². The summed E-state index contributed by atoms with van der Waals surface area (Å²) in [6.45, 7) is -1.73. The van der Waals surface area contributed by atoms with Crippen molar-refractivity contribution in [2.24, 2.45) is 0 Å². The lowest BCUT2D eigenvalue weighted by Gasteiger charge is -2.08. The van der Waals surface area contributed by atoms with Gasteiger partial charge in [-0.3, -0.25) is 9.32 Å². The molecule has 0 fully saturated rings. The zero-order valence-electron chi connectivity index (χ0n) is 8.15. The molecule has 0 aromatic carbocycles. The molecule has 0 spiro atoms. The van der Waals surface area contributed by atoms with Gasteiger partial charge < -0.3 is 34.7 Å². The van der Waals surface area contributed by atoms with E-state index in [1.807, 2.05) is 0 Å². The van der Waals surface area contributed by atoms with Gasteiger partial charge in [-0.1, -0.05) is 0 Å². The van der Waals surface area contributed by atoms with E-state index in [0.29, 0.717) is 0 Å². The lowest BCUT2D eigenvalue weighted by Crippen LogP contribution is -2.27. The molecule has 0 bridgehead atoms. The first-order chi connectivity index (χ1) is 7.37. The molecule has 1 atom stereocenters. The monoisotopic (exact) mass is 298 g/mol. The van der Waals surface area contributed by atoms with E-state index in [0.717, 1.165) is 0 Å². The maximum Gasteiger partial charge on any atom is 0.469 e. The van der Waals surface area contributed by atoms with E-state index in [1.54, 1.807) is 0 Å². The molecule has 0 saturated heterocycles. The fraction of sp³-hybridized carbons (Fsp3) is 0.750. The predicted octanol–water partition coefficient (Wildman–Crippen LogP) is -2.91. The van der Waals surface area contributed by atoms with Crippen LogP contribution in [0.3, 0.4) is 0 Å². The van der Waals surface area contributed by atoms with Crippen molar-refractivity contribution in [3.05, 3.63) is 0 Å². The van der Waals surface area contributed by atoms with E-state index < -0.39 is 40.7 Å². The Labute approximate surface area is 94.8 Å². The van der Waals surface area contributed by atoms with E-state index in [-0.39, 0.29) is 0 Å². The lowest BCUT2D eigenvalue weighted by atomic mass is 10.3. The first-order valence-electron chi connectivity index (χ1n) is 3.67. The van der Waals surface area contributed by atoms with Crippen molar-refractivity contribution in [3.63, 3.8) is 0 Å². The summed E-state index contributed by atoms with van der Waals surface area (Å²) in [5.41, 5.74) is 0. The summed E-state index contributed by atoms with van der Waals surface area (Å²) in [6.07, 6.45) is -1.71. The second-order valence-electron chi connectivity index (χ2n) is 2.44. The van der Waals surface area contributed by atoms with Crippen LogP contribution in [0, 0.1) is 0 Å². The Morgan fingerprint density at radius 1 is 1.12 bits per heavy atom. The van der Waals surface area contributed by atoms with Crippen LogP contribution in [0.5, 0.6) is 0 Å². The van der Waals surface area contributed by atoms with Crippen molar-refractivity contribution in [3.8, 4) is 0 Å². The second-order valence-corrected chi connectivity index (χ2v) is 4.71. The smallest absolute Gasteiger partial charge is 0.388 e. The number of phosphoric ester groups is 1. The number of carbonyl (C=O) groups excluding carboxylic acids is 1. The molecule has 0 aliphatic heterocycles. The molecule has 0 radical (unpaired) electrons. The molecule has 0 unspecified atom stereocenters. The SMILES string of the molecule is O=C(CO)[C@H](O)COP(=O)(O)O.O=P(O)(O)O. The zero-order chi connectivity index (χ0) is 14.3. The topological polar surface area (TPSA) is 202 Å². The number of phosphoric acid groups is 2. The Hall–Kier alpha value is -0.190. The van der Waals surface area contributed by atoms with Crippen molar-refractivity contribution in [2.45, 2.75) is 6.10 Å². The number of aliphatic hydroxyl groups excluding tert-OH is 2. The molecule has 0 heterocycles. The molecule has 7 N–H and O–H groups in total. The number of hydrogen-bond acceptors (Lipinski definition) is 6. The third-order valence-electron chi connectivity index (χ3n) is 0.928. The van der Waals surface area contributed by atoms with Crippen LogP contribution in [-0.2, 0) is 18.4 Å². The van der Waals surface area contributed by atoms with Gasteiger partial charge >= 0.3 is 15.6 Å². The van der Waals surface area contributed by atoms with Gasteiger partial charge in [0.1, 0.15) is 12.7 Å². The highest BCUT2D eigenvalue weighted by Gasteiger charge is 2.20. The van der Waals surface area contributed by atoms with Gasteiger partial charge in [0.2, 0.25) is 0 Å². The van der Waals surface area contributed by atoms with Gasteiger partial charge in [0.25, 0.3) is 0 Å². The van der Waals surface area contributed by atoms with E-state index in [2.05, 4.69) is 4.52 Å². The molecule has 0 amide bonds. The van der Waals surface area contributed by atoms with E-state index in [4.69, 9.17) is 39.2 Å². The van der Waals surface area contributed by atoms with E-state index >= 15 is 0 Å². The summed E-state index contributed by atoms with van der Waals surface area (Å²) in [5, 5.41) is 16.9. The number of ketones is 1. The highest BCUT2D eigenvalue weighted by molar-refractivity contribution is 7.46. The number of rotatable bonds is 5. The van der Waals surface area contributed by atoms with Gasteiger partial charge in [-0.2, -0.15) is 0 Å². The first-order valence-corrected chi connectivity index (χ1v) is 6.76. The Morgan fingerprint density at radius 3 is 1.71 bits per heavy atom. The van der Waals surface area contributed by atoms with Crippen LogP contribution >= 0.6 is 15.6 Å². The lowest BCUT2D eigenvalue weighted by molar-refractivity contribution is -0.131. The minimum Gasteiger partial charge on any atom is -0.388 e. The van der Waals surface area contributed by atoms with Crippen molar-refractivity contribution >= 4 is 21.4 Å². The fourth-order valence-corrected chi connectivity index (χ4v) is 0.701. The molecule has 0 aromatic rings. The molecular formula is C4H12O11P2. The van der Waals surface area contributed by atoms with Crippen LogP contribution in [0.1, 0.15) is 0 Å². The maximum absolute atomic E-state index is 10.4. The van der Waals surface area contributed by atoms with Gasteiger partial charge in [-0.25, -0.2) is 9.13 Å². The highest BCUT2D eigenvalue weighted by Crippen LogP contribution is 2.35. The Kier molecular flexibility index (Phi) is 9.02. The number of hydrogen-bond donors (Lipinski definition) is 7. The summed E-state index contributed by atoms with van der Waals surface area (Å²) in [5.74, 6) is -0.955. The summed E-state index contributed by atoms with van der Waals surface area (Å²) < 4.78 is 22.7. The third kappa shape index (κ3) is 21.6. The molecule has 17 heavy (non-hydrogen) atoms. The molecule has 11 nitrogen and oxygen atoms in total. The minimum atomic E-state index is -4.66. The zero-order valence-corrected chi connectivity index (χ0v) is 9.94. The second kappa shape index (κ2) is 8.01. The van der Waals surface area contributed by atoms with Crippen molar-refractivity contribution in [1.29, 1.82) is 0 Å². The molecular weight excluding hydrogens is 286 g/mol. The fourth-order valence-electron chi connectivity index (χ4n) is 0.366. The Morgan fingerprint density at radius 2 is 1.47 bits per heavy atom. The van der Waals surface area contributed by atoms with Crippen molar-refractivity contribution in [2.75, 3.05) is 13.2 Å². The van der Waals surface area contributed by atoms with Crippen molar-refractivity contribution < 1.29 is 53.1 Å². The summed E-state index contributed by atoms with van der Waals surface area (Å²) in [6, 6.07) is 0. The predicted molar refractivity (Wildman–Crippen MR) is 50.4 cm³/mol. The van der Waals surface area contributed by atoms with Gasteiger partial charge in [-0.05, 0) is 0 Å². The van der Waals surface area contributed by atoms with Gasteiger partial charge in [-0.15, -0.1) is 0 Å². The number of carbonyl (C=O) groups is 1. The molecule has 0 aliphatic rings. The van der Waals surface area contributed by atoms with Crippen LogP contribution in [0.15, 0.2) is 0 Å². The number of Topliss-reactive ketones (excluding diaryl/α,β-unsaturated/α-hetero) is 1. The quantitative estimate of drug-likeness (QED) is 0.256. The third-order valence-corrected chi connectivity index (χ3v) is 1.41. The normalized spacial score (nSPS) is 13.6. The van der Waals surface area contributed by atoms with E-state index in [1.165, 1.54) is 0 Å². The van der Waals surface area contributed by atoms with Gasteiger partial charge in [0, 0.05) is 0 Å². The van der Waals surface area contributed by atoms with Crippen LogP contribution in [0.2, 0.25) is 0 Å². The van der Waals surface area contributed by atoms with Crippen LogP contribution in [0.25, 0.3) is 0 Å². The molecule has 0 aliphatic carbocycles. The van der Waals surface area contributed by atoms with Crippen molar-refractivity contribution in [1.82, 2.24) is 0 Å². The summed E-state index contributed by atoms with van der Waals surface area (Å²) >= 11 is 0. The maximum atomic E-state index is 10.4. The first kappa shape index (κ1) is 19.2. The largest absolute Gasteiger partial charge is 0.469 e. The molecule has 0 aromatic heterocycles. The average Bonchev–Trinajstić information content (AvgIpc) is 2.09. The average molecular weight is 298 g/mol. The number of aliphatic hydroxyl groups is 2. The molecule has 13 heteroatoms. The van der Waals surface area contributed by atoms with Gasteiger partial charge in [0.15, 0.2) is 5.78 Å².